The minimum absolute atomic E-state index is 0.181. The molecule has 4 aromatic rings. The Morgan fingerprint density at radius 2 is 1.82 bits per heavy atom. The molecule has 2 aromatic carbocycles. The SMILES string of the molecule is Cc1cc(F)ccc1CN(C)C1CCN(c2nnc(-c3ccnc(N)n3)c3ccccc23)CC1. The summed E-state index contributed by atoms with van der Waals surface area (Å²) in [6.45, 7) is 4.58. The summed E-state index contributed by atoms with van der Waals surface area (Å²) in [5, 5.41) is 11.2. The second kappa shape index (κ2) is 9.30. The van der Waals surface area contributed by atoms with Crippen molar-refractivity contribution in [3.63, 3.8) is 0 Å². The standard InChI is InChI=1S/C26H28FN7/c1-17-15-19(27)8-7-18(17)16-33(2)20-10-13-34(14-11-20)25-22-6-4-3-5-21(22)24(31-32-25)23-9-12-29-26(28)30-23/h3-9,12,15,20H,10-11,13-14,16H2,1-2H3,(H2,28,29,30). The van der Waals surface area contributed by atoms with Gasteiger partial charge in [0.25, 0.3) is 0 Å². The number of nitrogen functional groups attached to an aromatic ring is 1. The van der Waals surface area contributed by atoms with E-state index in [9.17, 15) is 4.39 Å². The Hall–Kier alpha value is -3.65. The van der Waals surface area contributed by atoms with Gasteiger partial charge in [0.1, 0.15) is 11.5 Å². The van der Waals surface area contributed by atoms with Gasteiger partial charge in [-0.25, -0.2) is 14.4 Å². The number of hydrogen-bond acceptors (Lipinski definition) is 7. The Bertz CT molecular complexity index is 1320. The molecule has 0 radical (unpaired) electrons. The van der Waals surface area contributed by atoms with Crippen LogP contribution >= 0.6 is 0 Å². The molecule has 34 heavy (non-hydrogen) atoms. The maximum atomic E-state index is 13.5. The van der Waals surface area contributed by atoms with E-state index in [1.165, 1.54) is 5.56 Å². The lowest BCUT2D eigenvalue weighted by molar-refractivity contribution is 0.200. The molecular weight excluding hydrogens is 429 g/mol. The van der Waals surface area contributed by atoms with Gasteiger partial charge < -0.3 is 10.6 Å². The molecule has 1 aliphatic rings. The Morgan fingerprint density at radius 1 is 1.06 bits per heavy atom. The van der Waals surface area contributed by atoms with Gasteiger partial charge >= 0.3 is 0 Å². The van der Waals surface area contributed by atoms with Crippen LogP contribution in [0.3, 0.4) is 0 Å². The number of aromatic nitrogens is 4. The van der Waals surface area contributed by atoms with E-state index in [1.807, 2.05) is 31.2 Å². The molecule has 2 aromatic heterocycles. The third kappa shape index (κ3) is 4.41. The van der Waals surface area contributed by atoms with E-state index in [-0.39, 0.29) is 11.8 Å². The number of benzene rings is 2. The van der Waals surface area contributed by atoms with E-state index >= 15 is 0 Å². The second-order valence-electron chi connectivity index (χ2n) is 8.92. The second-order valence-corrected chi connectivity index (χ2v) is 8.92. The van der Waals surface area contributed by atoms with E-state index in [4.69, 9.17) is 5.73 Å². The zero-order chi connectivity index (χ0) is 23.7. The summed E-state index contributed by atoms with van der Waals surface area (Å²) in [6, 6.07) is 15.5. The number of nitrogens with two attached hydrogens (primary N) is 1. The third-order valence-electron chi connectivity index (χ3n) is 6.70. The average Bonchev–Trinajstić information content (AvgIpc) is 2.85. The molecule has 1 aliphatic heterocycles. The number of aryl methyl sites for hydroxylation is 1. The van der Waals surface area contributed by atoms with Crippen molar-refractivity contribution in [2.75, 3.05) is 30.8 Å². The molecule has 5 rings (SSSR count). The summed E-state index contributed by atoms with van der Waals surface area (Å²) >= 11 is 0. The molecule has 3 heterocycles. The fraction of sp³-hybridized carbons (Fsp3) is 0.308. The van der Waals surface area contributed by atoms with Crippen molar-refractivity contribution >= 4 is 22.5 Å². The van der Waals surface area contributed by atoms with Gasteiger partial charge in [0.2, 0.25) is 5.95 Å². The summed E-state index contributed by atoms with van der Waals surface area (Å²) in [4.78, 5) is 13.0. The summed E-state index contributed by atoms with van der Waals surface area (Å²) in [6.07, 6.45) is 3.69. The highest BCUT2D eigenvalue weighted by Crippen LogP contribution is 2.32. The number of hydrogen-bond donors (Lipinski definition) is 1. The lowest BCUT2D eigenvalue weighted by Gasteiger charge is -2.37. The topological polar surface area (TPSA) is 84.1 Å². The van der Waals surface area contributed by atoms with Crippen LogP contribution in [-0.2, 0) is 6.54 Å². The van der Waals surface area contributed by atoms with E-state index < -0.39 is 0 Å². The van der Waals surface area contributed by atoms with Gasteiger partial charge in [-0.1, -0.05) is 30.3 Å². The molecule has 0 atom stereocenters. The quantitative estimate of drug-likeness (QED) is 0.480. The van der Waals surface area contributed by atoms with Gasteiger partial charge in [0.15, 0.2) is 5.82 Å². The molecule has 0 aliphatic carbocycles. The van der Waals surface area contributed by atoms with Crippen molar-refractivity contribution in [2.24, 2.45) is 0 Å². The highest BCUT2D eigenvalue weighted by Gasteiger charge is 2.25. The Morgan fingerprint density at radius 3 is 2.56 bits per heavy atom. The summed E-state index contributed by atoms with van der Waals surface area (Å²) in [5.41, 5.74) is 9.33. The van der Waals surface area contributed by atoms with Crippen LogP contribution in [-0.4, -0.2) is 51.2 Å². The van der Waals surface area contributed by atoms with Crippen LogP contribution in [0.1, 0.15) is 24.0 Å². The van der Waals surface area contributed by atoms with Crippen LogP contribution in [0.25, 0.3) is 22.2 Å². The Labute approximate surface area is 198 Å². The fourth-order valence-corrected chi connectivity index (χ4v) is 4.77. The Balaban J connectivity index is 1.33. The smallest absolute Gasteiger partial charge is 0.220 e. The molecule has 1 saturated heterocycles. The predicted octanol–water partition coefficient (Wildman–Crippen LogP) is 4.22. The van der Waals surface area contributed by atoms with Gasteiger partial charge in [0.05, 0.1) is 5.69 Å². The molecule has 0 unspecified atom stereocenters. The number of nitrogens with zero attached hydrogens (tertiary/aromatic N) is 6. The lowest BCUT2D eigenvalue weighted by Crippen LogP contribution is -2.43. The van der Waals surface area contributed by atoms with Crippen molar-refractivity contribution in [3.05, 3.63) is 71.7 Å². The van der Waals surface area contributed by atoms with Crippen LogP contribution < -0.4 is 10.6 Å². The molecule has 174 valence electrons. The number of piperidine rings is 1. The monoisotopic (exact) mass is 457 g/mol. The van der Waals surface area contributed by atoms with E-state index in [0.29, 0.717) is 17.4 Å². The highest BCUT2D eigenvalue weighted by atomic mass is 19.1. The van der Waals surface area contributed by atoms with Crippen LogP contribution in [0.5, 0.6) is 0 Å². The first-order valence-electron chi connectivity index (χ1n) is 11.5. The van der Waals surface area contributed by atoms with Crippen molar-refractivity contribution in [3.8, 4) is 11.4 Å². The Kier molecular flexibility index (Phi) is 6.06. The zero-order valence-corrected chi connectivity index (χ0v) is 19.4. The highest BCUT2D eigenvalue weighted by molar-refractivity contribution is 5.99. The molecule has 0 bridgehead atoms. The van der Waals surface area contributed by atoms with Crippen LogP contribution in [0, 0.1) is 12.7 Å². The molecule has 2 N–H and O–H groups in total. The maximum Gasteiger partial charge on any atom is 0.220 e. The molecule has 8 heteroatoms. The summed E-state index contributed by atoms with van der Waals surface area (Å²) in [7, 11) is 2.15. The molecule has 0 saturated carbocycles. The van der Waals surface area contributed by atoms with E-state index in [0.717, 1.165) is 54.6 Å². The lowest BCUT2D eigenvalue weighted by atomic mass is 10.0. The number of halogens is 1. The first kappa shape index (κ1) is 22.2. The molecular formula is C26H28FN7. The van der Waals surface area contributed by atoms with Crippen molar-refractivity contribution in [2.45, 2.75) is 32.4 Å². The minimum Gasteiger partial charge on any atom is -0.368 e. The normalized spacial score (nSPS) is 14.8. The minimum atomic E-state index is -0.181. The number of fused-ring (bicyclic) bond motifs is 1. The summed E-state index contributed by atoms with van der Waals surface area (Å²) in [5.74, 6) is 0.936. The summed E-state index contributed by atoms with van der Waals surface area (Å²) < 4.78 is 13.5. The number of anilines is 2. The van der Waals surface area contributed by atoms with Gasteiger partial charge in [0, 0.05) is 42.6 Å². The van der Waals surface area contributed by atoms with Gasteiger partial charge in [-0.05, 0) is 56.1 Å². The largest absolute Gasteiger partial charge is 0.368 e. The molecule has 0 spiro atoms. The van der Waals surface area contributed by atoms with Gasteiger partial charge in [-0.2, -0.15) is 0 Å². The van der Waals surface area contributed by atoms with Crippen molar-refractivity contribution in [1.82, 2.24) is 25.1 Å². The third-order valence-corrected chi connectivity index (χ3v) is 6.70. The van der Waals surface area contributed by atoms with Crippen LogP contribution in [0.4, 0.5) is 16.2 Å². The van der Waals surface area contributed by atoms with Gasteiger partial charge in [-0.15, -0.1) is 10.2 Å². The zero-order valence-electron chi connectivity index (χ0n) is 19.4. The molecule has 7 nitrogen and oxygen atoms in total. The van der Waals surface area contributed by atoms with Crippen LogP contribution in [0.2, 0.25) is 0 Å². The first-order valence-corrected chi connectivity index (χ1v) is 11.5. The van der Waals surface area contributed by atoms with Crippen molar-refractivity contribution < 1.29 is 4.39 Å². The number of rotatable bonds is 5. The first-order chi connectivity index (χ1) is 16.5. The van der Waals surface area contributed by atoms with Gasteiger partial charge in [-0.3, -0.25) is 4.90 Å². The fourth-order valence-electron chi connectivity index (χ4n) is 4.77. The molecule has 0 amide bonds. The maximum absolute atomic E-state index is 13.5. The van der Waals surface area contributed by atoms with E-state index in [2.05, 4.69) is 43.1 Å². The van der Waals surface area contributed by atoms with Crippen LogP contribution in [0.15, 0.2) is 54.7 Å². The average molecular weight is 458 g/mol. The molecule has 1 fully saturated rings. The van der Waals surface area contributed by atoms with E-state index in [1.54, 1.807) is 24.4 Å². The predicted molar refractivity (Wildman–Crippen MR) is 133 cm³/mol. The van der Waals surface area contributed by atoms with Crippen molar-refractivity contribution in [1.29, 1.82) is 0 Å².